The number of hydrogen-bond donors (Lipinski definition) is 1. The van der Waals surface area contributed by atoms with E-state index in [0.29, 0.717) is 11.3 Å². The molecule has 1 aliphatic rings. The monoisotopic (exact) mass is 276 g/mol. The zero-order valence-electron chi connectivity index (χ0n) is 13.5. The molecule has 1 saturated heterocycles. The van der Waals surface area contributed by atoms with Gasteiger partial charge in [-0.05, 0) is 24.7 Å². The molecule has 0 spiro atoms. The van der Waals surface area contributed by atoms with E-state index in [2.05, 4.69) is 49.0 Å². The van der Waals surface area contributed by atoms with E-state index in [-0.39, 0.29) is 0 Å². The van der Waals surface area contributed by atoms with Crippen molar-refractivity contribution in [2.75, 3.05) is 30.4 Å². The van der Waals surface area contributed by atoms with Gasteiger partial charge in [0.15, 0.2) is 0 Å². The van der Waals surface area contributed by atoms with Crippen LogP contribution >= 0.6 is 0 Å². The predicted octanol–water partition coefficient (Wildman–Crippen LogP) is 3.66. The fraction of sp³-hybridized carbons (Fsp3) is 0.750. The summed E-state index contributed by atoms with van der Waals surface area (Å²) in [5, 5.41) is 3.16. The van der Waals surface area contributed by atoms with Crippen LogP contribution in [0.4, 0.5) is 11.6 Å². The number of nitrogens with one attached hydrogen (secondary N) is 1. The van der Waals surface area contributed by atoms with Crippen LogP contribution in [0.1, 0.15) is 58.7 Å². The van der Waals surface area contributed by atoms with Crippen molar-refractivity contribution in [2.45, 2.75) is 52.9 Å². The van der Waals surface area contributed by atoms with E-state index >= 15 is 0 Å². The van der Waals surface area contributed by atoms with Gasteiger partial charge in [0.1, 0.15) is 17.5 Å². The minimum atomic E-state index is 0.353. The second-order valence-corrected chi connectivity index (χ2v) is 6.25. The van der Waals surface area contributed by atoms with Crippen molar-refractivity contribution < 1.29 is 0 Å². The first kappa shape index (κ1) is 15.1. The van der Waals surface area contributed by atoms with Gasteiger partial charge >= 0.3 is 0 Å². The van der Waals surface area contributed by atoms with Gasteiger partial charge in [0, 0.05) is 32.1 Å². The van der Waals surface area contributed by atoms with Crippen molar-refractivity contribution in [2.24, 2.45) is 5.41 Å². The smallest absolute Gasteiger partial charge is 0.135 e. The van der Waals surface area contributed by atoms with Crippen LogP contribution in [-0.2, 0) is 0 Å². The Morgan fingerprint density at radius 3 is 2.50 bits per heavy atom. The first-order valence-electron chi connectivity index (χ1n) is 7.85. The molecule has 112 valence electrons. The summed E-state index contributed by atoms with van der Waals surface area (Å²) in [4.78, 5) is 11.8. The molecule has 1 N–H and O–H groups in total. The lowest BCUT2D eigenvalue weighted by atomic mass is 9.82. The Kier molecular flexibility index (Phi) is 4.51. The molecule has 2 rings (SSSR count). The Balaban J connectivity index is 2.27. The van der Waals surface area contributed by atoms with E-state index in [1.54, 1.807) is 0 Å². The maximum atomic E-state index is 4.77. The minimum Gasteiger partial charge on any atom is -0.373 e. The average molecular weight is 276 g/mol. The van der Waals surface area contributed by atoms with Crippen LogP contribution in [0, 0.1) is 5.41 Å². The number of aromatic nitrogens is 2. The van der Waals surface area contributed by atoms with Crippen LogP contribution in [0.25, 0.3) is 0 Å². The normalized spacial score (nSPS) is 17.8. The van der Waals surface area contributed by atoms with E-state index in [1.807, 2.05) is 7.05 Å². The van der Waals surface area contributed by atoms with E-state index in [0.717, 1.165) is 30.5 Å². The molecule has 0 aliphatic carbocycles. The van der Waals surface area contributed by atoms with Gasteiger partial charge in [0.2, 0.25) is 0 Å². The fourth-order valence-corrected chi connectivity index (χ4v) is 2.96. The van der Waals surface area contributed by atoms with Gasteiger partial charge in [0.25, 0.3) is 0 Å². The minimum absolute atomic E-state index is 0.353. The summed E-state index contributed by atoms with van der Waals surface area (Å²) in [6.45, 7) is 11.1. The third kappa shape index (κ3) is 2.89. The van der Waals surface area contributed by atoms with Crippen molar-refractivity contribution >= 4 is 11.6 Å². The van der Waals surface area contributed by atoms with Gasteiger partial charge in [-0.3, -0.25) is 0 Å². The standard InChI is InChI=1S/C16H28N4/c1-6-16(7-2)8-9-20(11-16)14-10-13(17-5)18-15(19-14)12(3)4/h10,12H,6-9,11H2,1-5H3,(H,17,18,19). The summed E-state index contributed by atoms with van der Waals surface area (Å²) in [7, 11) is 1.92. The number of rotatable bonds is 5. The van der Waals surface area contributed by atoms with Crippen molar-refractivity contribution in [1.29, 1.82) is 0 Å². The fourth-order valence-electron chi connectivity index (χ4n) is 2.96. The third-order valence-electron chi connectivity index (χ3n) is 4.76. The molecule has 4 nitrogen and oxygen atoms in total. The van der Waals surface area contributed by atoms with E-state index in [9.17, 15) is 0 Å². The van der Waals surface area contributed by atoms with Crippen molar-refractivity contribution in [1.82, 2.24) is 9.97 Å². The third-order valence-corrected chi connectivity index (χ3v) is 4.76. The molecule has 2 heterocycles. The molecule has 0 amide bonds. The maximum absolute atomic E-state index is 4.77. The quantitative estimate of drug-likeness (QED) is 0.891. The summed E-state index contributed by atoms with van der Waals surface area (Å²) in [6, 6.07) is 2.08. The lowest BCUT2D eigenvalue weighted by molar-refractivity contribution is 0.301. The first-order valence-corrected chi connectivity index (χ1v) is 7.85. The predicted molar refractivity (Wildman–Crippen MR) is 85.5 cm³/mol. The lowest BCUT2D eigenvalue weighted by Gasteiger charge is -2.27. The summed E-state index contributed by atoms with van der Waals surface area (Å²) < 4.78 is 0. The highest BCUT2D eigenvalue weighted by Crippen LogP contribution is 2.38. The van der Waals surface area contributed by atoms with Crippen molar-refractivity contribution in [3.8, 4) is 0 Å². The second-order valence-electron chi connectivity index (χ2n) is 6.25. The largest absolute Gasteiger partial charge is 0.373 e. The lowest BCUT2D eigenvalue weighted by Crippen LogP contribution is -2.27. The van der Waals surface area contributed by atoms with Crippen LogP contribution < -0.4 is 10.2 Å². The van der Waals surface area contributed by atoms with Crippen molar-refractivity contribution in [3.05, 3.63) is 11.9 Å². The molecule has 1 aromatic heterocycles. The van der Waals surface area contributed by atoms with Crippen LogP contribution in [-0.4, -0.2) is 30.1 Å². The molecule has 20 heavy (non-hydrogen) atoms. The van der Waals surface area contributed by atoms with Gasteiger partial charge in [-0.1, -0.05) is 27.7 Å². The van der Waals surface area contributed by atoms with Crippen LogP contribution in [0.15, 0.2) is 6.07 Å². The molecule has 1 aliphatic heterocycles. The van der Waals surface area contributed by atoms with Gasteiger partial charge in [-0.15, -0.1) is 0 Å². The molecule has 0 atom stereocenters. The number of anilines is 2. The van der Waals surface area contributed by atoms with Gasteiger partial charge in [-0.25, -0.2) is 9.97 Å². The highest BCUT2D eigenvalue weighted by molar-refractivity contribution is 5.50. The molecule has 4 heteroatoms. The Bertz CT molecular complexity index is 452. The maximum Gasteiger partial charge on any atom is 0.135 e. The summed E-state index contributed by atoms with van der Waals surface area (Å²) in [5.41, 5.74) is 0.475. The summed E-state index contributed by atoms with van der Waals surface area (Å²) in [6.07, 6.45) is 3.78. The number of nitrogens with zero attached hydrogens (tertiary/aromatic N) is 3. The summed E-state index contributed by atoms with van der Waals surface area (Å²) in [5.74, 6) is 3.28. The topological polar surface area (TPSA) is 41.0 Å². The van der Waals surface area contributed by atoms with E-state index in [4.69, 9.17) is 4.98 Å². The van der Waals surface area contributed by atoms with Gasteiger partial charge in [0.05, 0.1) is 0 Å². The Labute approximate surface area is 123 Å². The molecular formula is C16H28N4. The first-order chi connectivity index (χ1) is 9.53. The van der Waals surface area contributed by atoms with Gasteiger partial charge in [-0.2, -0.15) is 0 Å². The Hall–Kier alpha value is -1.32. The molecule has 0 saturated carbocycles. The van der Waals surface area contributed by atoms with Crippen LogP contribution in [0.2, 0.25) is 0 Å². The molecular weight excluding hydrogens is 248 g/mol. The molecule has 0 unspecified atom stereocenters. The highest BCUT2D eigenvalue weighted by atomic mass is 15.2. The Morgan fingerprint density at radius 1 is 1.30 bits per heavy atom. The molecule has 1 aromatic rings. The van der Waals surface area contributed by atoms with E-state index < -0.39 is 0 Å². The molecule has 0 aromatic carbocycles. The average Bonchev–Trinajstić information content (AvgIpc) is 2.92. The van der Waals surface area contributed by atoms with Gasteiger partial charge < -0.3 is 10.2 Å². The van der Waals surface area contributed by atoms with Crippen molar-refractivity contribution in [3.63, 3.8) is 0 Å². The second kappa shape index (κ2) is 5.98. The zero-order chi connectivity index (χ0) is 14.8. The number of hydrogen-bond acceptors (Lipinski definition) is 4. The summed E-state index contributed by atoms with van der Waals surface area (Å²) >= 11 is 0. The molecule has 0 bridgehead atoms. The Morgan fingerprint density at radius 2 is 2.00 bits per heavy atom. The van der Waals surface area contributed by atoms with Crippen LogP contribution in [0.3, 0.4) is 0 Å². The van der Waals surface area contributed by atoms with E-state index in [1.165, 1.54) is 19.3 Å². The molecule has 1 fully saturated rings. The highest BCUT2D eigenvalue weighted by Gasteiger charge is 2.35. The zero-order valence-corrected chi connectivity index (χ0v) is 13.5. The SMILES string of the molecule is CCC1(CC)CCN(c2cc(NC)nc(C(C)C)n2)C1. The molecule has 0 radical (unpaired) electrons. The van der Waals surface area contributed by atoms with Crippen LogP contribution in [0.5, 0.6) is 0 Å².